The van der Waals surface area contributed by atoms with Crippen molar-refractivity contribution in [2.45, 2.75) is 63.5 Å². The van der Waals surface area contributed by atoms with Crippen LogP contribution in [0.1, 0.15) is 51.9 Å². The smallest absolute Gasteiger partial charge is 0.323 e. The van der Waals surface area contributed by atoms with E-state index in [0.29, 0.717) is 12.0 Å². The Morgan fingerprint density at radius 1 is 1.27 bits per heavy atom. The van der Waals surface area contributed by atoms with E-state index in [2.05, 4.69) is 12.2 Å². The summed E-state index contributed by atoms with van der Waals surface area (Å²) < 4.78 is 0. The van der Waals surface area contributed by atoms with Crippen LogP contribution in [0.4, 0.5) is 0 Å². The van der Waals surface area contributed by atoms with Gasteiger partial charge in [0.2, 0.25) is 0 Å². The summed E-state index contributed by atoms with van der Waals surface area (Å²) in [5.41, 5.74) is -0.600. The molecule has 2 saturated carbocycles. The number of hydrogen-bond acceptors (Lipinski definition) is 2. The van der Waals surface area contributed by atoms with Gasteiger partial charge in [0.15, 0.2) is 0 Å². The van der Waals surface area contributed by atoms with Crippen LogP contribution in [0.2, 0.25) is 0 Å². The number of carboxylic acid groups (broad SMARTS) is 1. The SMILES string of the molecule is CC1CCC(NC2CCC2)(C(=O)O)CC1. The molecule has 0 saturated heterocycles. The Kier molecular flexibility index (Phi) is 3.01. The van der Waals surface area contributed by atoms with Gasteiger partial charge in [-0.05, 0) is 44.4 Å². The third-order valence-electron chi connectivity index (χ3n) is 4.12. The van der Waals surface area contributed by atoms with Gasteiger partial charge in [-0.2, -0.15) is 0 Å². The molecule has 0 spiro atoms. The fraction of sp³-hybridized carbons (Fsp3) is 0.917. The summed E-state index contributed by atoms with van der Waals surface area (Å²) >= 11 is 0. The van der Waals surface area contributed by atoms with Gasteiger partial charge in [0.05, 0.1) is 0 Å². The van der Waals surface area contributed by atoms with Gasteiger partial charge in [-0.3, -0.25) is 10.1 Å². The van der Waals surface area contributed by atoms with E-state index in [0.717, 1.165) is 38.5 Å². The number of hydrogen-bond donors (Lipinski definition) is 2. The normalized spacial score (nSPS) is 37.3. The Morgan fingerprint density at radius 3 is 2.27 bits per heavy atom. The molecular formula is C12H21NO2. The van der Waals surface area contributed by atoms with E-state index in [1.807, 2.05) is 0 Å². The maximum absolute atomic E-state index is 11.4. The van der Waals surface area contributed by atoms with E-state index < -0.39 is 11.5 Å². The van der Waals surface area contributed by atoms with Crippen molar-refractivity contribution in [2.75, 3.05) is 0 Å². The standard InChI is InChI=1S/C12H21NO2/c1-9-5-7-12(8-6-9,11(14)15)13-10-3-2-4-10/h9-10,13H,2-8H2,1H3,(H,14,15). The minimum absolute atomic E-state index is 0.467. The highest BCUT2D eigenvalue weighted by Crippen LogP contribution is 2.34. The third-order valence-corrected chi connectivity index (χ3v) is 4.12. The molecule has 15 heavy (non-hydrogen) atoms. The average molecular weight is 211 g/mol. The molecule has 2 N–H and O–H groups in total. The van der Waals surface area contributed by atoms with Gasteiger partial charge >= 0.3 is 5.97 Å². The predicted octanol–water partition coefficient (Wildman–Crippen LogP) is 2.16. The predicted molar refractivity (Wildman–Crippen MR) is 58.8 cm³/mol. The van der Waals surface area contributed by atoms with Crippen LogP contribution >= 0.6 is 0 Å². The van der Waals surface area contributed by atoms with Gasteiger partial charge in [-0.25, -0.2) is 0 Å². The zero-order chi connectivity index (χ0) is 10.9. The van der Waals surface area contributed by atoms with Crippen LogP contribution in [0, 0.1) is 5.92 Å². The van der Waals surface area contributed by atoms with E-state index in [4.69, 9.17) is 0 Å². The molecule has 0 heterocycles. The zero-order valence-corrected chi connectivity index (χ0v) is 9.46. The molecule has 0 aromatic carbocycles. The fourth-order valence-electron chi connectivity index (χ4n) is 2.62. The average Bonchev–Trinajstić information content (AvgIpc) is 2.14. The lowest BCUT2D eigenvalue weighted by Gasteiger charge is -2.41. The Morgan fingerprint density at radius 2 is 1.87 bits per heavy atom. The Labute approximate surface area is 91.2 Å². The topological polar surface area (TPSA) is 49.3 Å². The van der Waals surface area contributed by atoms with E-state index >= 15 is 0 Å². The molecule has 0 radical (unpaired) electrons. The second-order valence-corrected chi connectivity index (χ2v) is 5.34. The van der Waals surface area contributed by atoms with Crippen LogP contribution in [0.3, 0.4) is 0 Å². The molecule has 86 valence electrons. The van der Waals surface area contributed by atoms with Gasteiger partial charge in [0.25, 0.3) is 0 Å². The Balaban J connectivity index is 1.99. The Hall–Kier alpha value is -0.570. The zero-order valence-electron chi connectivity index (χ0n) is 9.46. The van der Waals surface area contributed by atoms with Gasteiger partial charge in [0.1, 0.15) is 5.54 Å². The molecule has 0 aliphatic heterocycles. The molecule has 3 heteroatoms. The van der Waals surface area contributed by atoms with E-state index in [1.54, 1.807) is 0 Å². The van der Waals surface area contributed by atoms with Gasteiger partial charge < -0.3 is 5.11 Å². The first-order valence-corrected chi connectivity index (χ1v) is 6.13. The highest BCUT2D eigenvalue weighted by Gasteiger charge is 2.43. The van der Waals surface area contributed by atoms with Crippen molar-refractivity contribution in [1.82, 2.24) is 5.32 Å². The second-order valence-electron chi connectivity index (χ2n) is 5.34. The fourth-order valence-corrected chi connectivity index (χ4v) is 2.62. The van der Waals surface area contributed by atoms with Crippen LogP contribution < -0.4 is 5.32 Å². The van der Waals surface area contributed by atoms with E-state index in [-0.39, 0.29) is 0 Å². The van der Waals surface area contributed by atoms with Crippen molar-refractivity contribution in [3.63, 3.8) is 0 Å². The van der Waals surface area contributed by atoms with Crippen molar-refractivity contribution in [3.05, 3.63) is 0 Å². The van der Waals surface area contributed by atoms with Crippen LogP contribution in [0.15, 0.2) is 0 Å². The Bertz CT molecular complexity index is 240. The van der Waals surface area contributed by atoms with Crippen molar-refractivity contribution in [1.29, 1.82) is 0 Å². The molecule has 0 aromatic rings. The summed E-state index contributed by atoms with van der Waals surface area (Å²) in [5.74, 6) is 0.0574. The minimum atomic E-state index is -0.638. The van der Waals surface area contributed by atoms with Gasteiger partial charge in [-0.15, -0.1) is 0 Å². The van der Waals surface area contributed by atoms with Crippen LogP contribution in [-0.2, 0) is 4.79 Å². The van der Waals surface area contributed by atoms with Gasteiger partial charge in [-0.1, -0.05) is 13.3 Å². The molecule has 2 rings (SSSR count). The second kappa shape index (κ2) is 4.12. The molecule has 0 bridgehead atoms. The lowest BCUT2D eigenvalue weighted by molar-refractivity contribution is -0.147. The number of carboxylic acids is 1. The van der Waals surface area contributed by atoms with Crippen molar-refractivity contribution >= 4 is 5.97 Å². The van der Waals surface area contributed by atoms with Crippen LogP contribution in [0.5, 0.6) is 0 Å². The summed E-state index contributed by atoms with van der Waals surface area (Å²) in [6.07, 6.45) is 7.27. The number of carbonyl (C=O) groups is 1. The highest BCUT2D eigenvalue weighted by atomic mass is 16.4. The van der Waals surface area contributed by atoms with Crippen LogP contribution in [0.25, 0.3) is 0 Å². The first-order valence-electron chi connectivity index (χ1n) is 6.13. The lowest BCUT2D eigenvalue weighted by Crippen LogP contribution is -2.59. The quantitative estimate of drug-likeness (QED) is 0.752. The number of nitrogens with one attached hydrogen (secondary N) is 1. The lowest BCUT2D eigenvalue weighted by atomic mass is 9.75. The minimum Gasteiger partial charge on any atom is -0.480 e. The molecular weight excluding hydrogens is 190 g/mol. The third kappa shape index (κ3) is 2.17. The van der Waals surface area contributed by atoms with Crippen molar-refractivity contribution < 1.29 is 9.90 Å². The van der Waals surface area contributed by atoms with E-state index in [1.165, 1.54) is 6.42 Å². The summed E-state index contributed by atoms with van der Waals surface area (Å²) in [5, 5.41) is 12.8. The maximum atomic E-state index is 11.4. The van der Waals surface area contributed by atoms with Crippen LogP contribution in [-0.4, -0.2) is 22.7 Å². The highest BCUT2D eigenvalue weighted by molar-refractivity contribution is 5.79. The number of aliphatic carboxylic acids is 1. The summed E-state index contributed by atoms with van der Waals surface area (Å²) in [7, 11) is 0. The maximum Gasteiger partial charge on any atom is 0.323 e. The molecule has 0 aromatic heterocycles. The molecule has 2 fully saturated rings. The monoisotopic (exact) mass is 211 g/mol. The molecule has 0 unspecified atom stereocenters. The van der Waals surface area contributed by atoms with E-state index in [9.17, 15) is 9.90 Å². The van der Waals surface area contributed by atoms with Crippen molar-refractivity contribution in [3.8, 4) is 0 Å². The van der Waals surface area contributed by atoms with Crippen molar-refractivity contribution in [2.24, 2.45) is 5.92 Å². The molecule has 0 atom stereocenters. The van der Waals surface area contributed by atoms with Gasteiger partial charge in [0, 0.05) is 6.04 Å². The molecule has 0 amide bonds. The molecule has 3 nitrogen and oxygen atoms in total. The molecule has 2 aliphatic rings. The molecule has 2 aliphatic carbocycles. The first kappa shape index (κ1) is 10.9. The summed E-state index contributed by atoms with van der Waals surface area (Å²) in [6.45, 7) is 2.22. The summed E-state index contributed by atoms with van der Waals surface area (Å²) in [4.78, 5) is 11.4. The largest absolute Gasteiger partial charge is 0.480 e. The number of rotatable bonds is 3. The summed E-state index contributed by atoms with van der Waals surface area (Å²) in [6, 6.07) is 0.467. The first-order chi connectivity index (χ1) is 7.12.